The summed E-state index contributed by atoms with van der Waals surface area (Å²) in [5.41, 5.74) is 9.71. The fraction of sp³-hybridized carbons (Fsp3) is 0.190. The standard InChI is InChI=1S/C21H22N4O3/c1-12-8-13(2)10-14(9-12)11-17(21(27)28)25-20(26)16-5-3-4-15(18(16)22)19-23-6-7-24-19/h3-5,8-11H,6-7,22H2,1-2H3,(H,23,24)(H,25,26)(H,27,28)/b17-11+. The molecular formula is C21H22N4O3. The summed E-state index contributed by atoms with van der Waals surface area (Å²) in [6, 6.07) is 10.7. The Balaban J connectivity index is 1.90. The van der Waals surface area contributed by atoms with E-state index in [4.69, 9.17) is 5.73 Å². The summed E-state index contributed by atoms with van der Waals surface area (Å²) >= 11 is 0. The lowest BCUT2D eigenvalue weighted by Gasteiger charge is -2.12. The van der Waals surface area contributed by atoms with Gasteiger partial charge in [-0.15, -0.1) is 0 Å². The number of amidine groups is 1. The average molecular weight is 378 g/mol. The van der Waals surface area contributed by atoms with Crippen molar-refractivity contribution in [1.29, 1.82) is 0 Å². The maximum atomic E-state index is 12.7. The van der Waals surface area contributed by atoms with Gasteiger partial charge in [-0.3, -0.25) is 9.79 Å². The van der Waals surface area contributed by atoms with Crippen LogP contribution in [0.25, 0.3) is 6.08 Å². The first-order valence-electron chi connectivity index (χ1n) is 8.87. The van der Waals surface area contributed by atoms with E-state index < -0.39 is 11.9 Å². The van der Waals surface area contributed by atoms with Gasteiger partial charge < -0.3 is 21.5 Å². The van der Waals surface area contributed by atoms with E-state index in [0.717, 1.165) is 11.1 Å². The Morgan fingerprint density at radius 2 is 1.93 bits per heavy atom. The summed E-state index contributed by atoms with van der Waals surface area (Å²) in [4.78, 5) is 28.7. The molecule has 28 heavy (non-hydrogen) atoms. The monoisotopic (exact) mass is 378 g/mol. The summed E-state index contributed by atoms with van der Waals surface area (Å²) in [6.45, 7) is 5.21. The summed E-state index contributed by atoms with van der Waals surface area (Å²) in [5.74, 6) is -1.18. The molecule has 7 heteroatoms. The number of rotatable bonds is 5. The highest BCUT2D eigenvalue weighted by atomic mass is 16.4. The molecule has 144 valence electrons. The van der Waals surface area contributed by atoms with Gasteiger partial charge in [0.05, 0.1) is 17.8 Å². The number of amides is 1. The number of nitrogen functional groups attached to an aromatic ring is 1. The third-order valence-electron chi connectivity index (χ3n) is 4.31. The van der Waals surface area contributed by atoms with Crippen LogP contribution in [0.3, 0.4) is 0 Å². The molecule has 1 aliphatic rings. The topological polar surface area (TPSA) is 117 Å². The van der Waals surface area contributed by atoms with Gasteiger partial charge in [0.2, 0.25) is 0 Å². The number of hydrogen-bond acceptors (Lipinski definition) is 5. The second-order valence-corrected chi connectivity index (χ2v) is 6.66. The molecule has 0 saturated heterocycles. The van der Waals surface area contributed by atoms with Crippen molar-refractivity contribution < 1.29 is 14.7 Å². The number of hydrogen-bond donors (Lipinski definition) is 4. The van der Waals surface area contributed by atoms with E-state index in [1.807, 2.05) is 32.0 Å². The Morgan fingerprint density at radius 1 is 1.21 bits per heavy atom. The molecule has 7 nitrogen and oxygen atoms in total. The zero-order chi connectivity index (χ0) is 20.3. The zero-order valence-corrected chi connectivity index (χ0v) is 15.7. The number of benzene rings is 2. The van der Waals surface area contributed by atoms with Gasteiger partial charge in [0.25, 0.3) is 5.91 Å². The SMILES string of the molecule is Cc1cc(C)cc(/C=C(/NC(=O)c2cccc(C3=NCCN3)c2N)C(=O)O)c1. The maximum Gasteiger partial charge on any atom is 0.352 e. The van der Waals surface area contributed by atoms with Crippen molar-refractivity contribution in [3.63, 3.8) is 0 Å². The van der Waals surface area contributed by atoms with Gasteiger partial charge in [0, 0.05) is 12.1 Å². The molecule has 2 aromatic rings. The molecule has 3 rings (SSSR count). The van der Waals surface area contributed by atoms with Crippen molar-refractivity contribution in [3.05, 3.63) is 69.9 Å². The summed E-state index contributed by atoms with van der Waals surface area (Å²) in [6.07, 6.45) is 1.43. The van der Waals surface area contributed by atoms with E-state index in [9.17, 15) is 14.7 Å². The maximum absolute atomic E-state index is 12.7. The molecule has 0 unspecified atom stereocenters. The van der Waals surface area contributed by atoms with Crippen LogP contribution in [0.15, 0.2) is 47.1 Å². The van der Waals surface area contributed by atoms with Crippen LogP contribution < -0.4 is 16.4 Å². The molecule has 1 heterocycles. The van der Waals surface area contributed by atoms with E-state index in [2.05, 4.69) is 15.6 Å². The van der Waals surface area contributed by atoms with Crippen molar-refractivity contribution in [2.75, 3.05) is 18.8 Å². The van der Waals surface area contributed by atoms with Crippen LogP contribution >= 0.6 is 0 Å². The lowest BCUT2D eigenvalue weighted by atomic mass is 10.0. The first kappa shape index (κ1) is 19.2. The lowest BCUT2D eigenvalue weighted by molar-refractivity contribution is -0.132. The second kappa shape index (κ2) is 7.96. The van der Waals surface area contributed by atoms with Gasteiger partial charge in [0.15, 0.2) is 0 Å². The summed E-state index contributed by atoms with van der Waals surface area (Å²) < 4.78 is 0. The van der Waals surface area contributed by atoms with Crippen LogP contribution in [0.5, 0.6) is 0 Å². The fourth-order valence-corrected chi connectivity index (χ4v) is 3.15. The Morgan fingerprint density at radius 3 is 2.54 bits per heavy atom. The van der Waals surface area contributed by atoms with Gasteiger partial charge in [-0.05, 0) is 37.6 Å². The Hall–Kier alpha value is -3.61. The minimum Gasteiger partial charge on any atom is -0.477 e. The number of anilines is 1. The number of carbonyl (C=O) groups is 2. The molecule has 0 saturated carbocycles. The zero-order valence-electron chi connectivity index (χ0n) is 15.7. The molecule has 0 radical (unpaired) electrons. The number of carboxylic acids is 1. The normalized spacial score (nSPS) is 13.6. The van der Waals surface area contributed by atoms with Crippen LogP contribution in [0.4, 0.5) is 5.69 Å². The number of carboxylic acid groups (broad SMARTS) is 1. The number of nitrogens with one attached hydrogen (secondary N) is 2. The number of carbonyl (C=O) groups excluding carboxylic acids is 1. The van der Waals surface area contributed by atoms with E-state index in [1.165, 1.54) is 6.08 Å². The molecule has 0 spiro atoms. The van der Waals surface area contributed by atoms with Gasteiger partial charge in [-0.25, -0.2) is 4.79 Å². The van der Waals surface area contributed by atoms with Crippen molar-refractivity contribution in [2.24, 2.45) is 4.99 Å². The van der Waals surface area contributed by atoms with E-state index in [1.54, 1.807) is 18.2 Å². The van der Waals surface area contributed by atoms with E-state index in [-0.39, 0.29) is 16.9 Å². The van der Waals surface area contributed by atoms with Crippen molar-refractivity contribution in [1.82, 2.24) is 10.6 Å². The van der Waals surface area contributed by atoms with Crippen LogP contribution in [0.1, 0.15) is 32.6 Å². The lowest BCUT2D eigenvalue weighted by Crippen LogP contribution is -2.29. The van der Waals surface area contributed by atoms with E-state index >= 15 is 0 Å². The molecule has 1 amide bonds. The Kier molecular flexibility index (Phi) is 5.44. The quantitative estimate of drug-likeness (QED) is 0.469. The van der Waals surface area contributed by atoms with Crippen LogP contribution in [-0.4, -0.2) is 35.9 Å². The molecule has 5 N–H and O–H groups in total. The highest BCUT2D eigenvalue weighted by Gasteiger charge is 2.19. The smallest absolute Gasteiger partial charge is 0.352 e. The number of aliphatic carboxylic acids is 1. The first-order chi connectivity index (χ1) is 13.3. The third kappa shape index (κ3) is 4.20. The highest BCUT2D eigenvalue weighted by Crippen LogP contribution is 2.20. The van der Waals surface area contributed by atoms with Crippen molar-refractivity contribution in [3.8, 4) is 0 Å². The number of nitrogens with zero attached hydrogens (tertiary/aromatic N) is 1. The Bertz CT molecular complexity index is 988. The van der Waals surface area contributed by atoms with Crippen molar-refractivity contribution >= 4 is 29.5 Å². The first-order valence-corrected chi connectivity index (χ1v) is 8.87. The van der Waals surface area contributed by atoms with Gasteiger partial charge in [-0.1, -0.05) is 35.4 Å². The van der Waals surface area contributed by atoms with Crippen molar-refractivity contribution in [2.45, 2.75) is 13.8 Å². The van der Waals surface area contributed by atoms with Crippen LogP contribution in [0.2, 0.25) is 0 Å². The van der Waals surface area contributed by atoms with Crippen LogP contribution in [-0.2, 0) is 4.79 Å². The molecule has 0 atom stereocenters. The number of nitrogens with two attached hydrogens (primary N) is 1. The summed E-state index contributed by atoms with van der Waals surface area (Å²) in [7, 11) is 0. The number of para-hydroxylation sites is 1. The molecule has 1 aliphatic heterocycles. The van der Waals surface area contributed by atoms with Gasteiger partial charge in [-0.2, -0.15) is 0 Å². The minimum absolute atomic E-state index is 0.196. The van der Waals surface area contributed by atoms with Gasteiger partial charge in [0.1, 0.15) is 11.5 Å². The molecule has 2 aromatic carbocycles. The predicted octanol–water partition coefficient (Wildman–Crippen LogP) is 2.09. The molecule has 0 aromatic heterocycles. The third-order valence-corrected chi connectivity index (χ3v) is 4.31. The average Bonchev–Trinajstić information content (AvgIpc) is 3.14. The van der Waals surface area contributed by atoms with E-state index in [0.29, 0.717) is 30.1 Å². The molecular weight excluding hydrogens is 356 g/mol. The second-order valence-electron chi connectivity index (χ2n) is 6.66. The van der Waals surface area contributed by atoms with Gasteiger partial charge >= 0.3 is 5.97 Å². The Labute approximate surface area is 163 Å². The predicted molar refractivity (Wildman–Crippen MR) is 109 cm³/mol. The molecule has 0 aliphatic carbocycles. The number of aryl methyl sites for hydroxylation is 2. The molecule has 0 fully saturated rings. The van der Waals surface area contributed by atoms with Crippen LogP contribution in [0, 0.1) is 13.8 Å². The number of aliphatic imine (C=N–C) groups is 1. The largest absolute Gasteiger partial charge is 0.477 e. The fourth-order valence-electron chi connectivity index (χ4n) is 3.15. The molecule has 0 bridgehead atoms. The highest BCUT2D eigenvalue weighted by molar-refractivity contribution is 6.11. The summed E-state index contributed by atoms with van der Waals surface area (Å²) in [5, 5.41) is 15.1. The minimum atomic E-state index is -1.23.